The number of aliphatic hydroxyl groups is 1. The molecule has 6 nitrogen and oxygen atoms in total. The third-order valence-corrected chi connectivity index (χ3v) is 4.94. The summed E-state index contributed by atoms with van der Waals surface area (Å²) in [6.07, 6.45) is 2.21. The summed E-state index contributed by atoms with van der Waals surface area (Å²) in [5.74, 6) is 0.306. The van der Waals surface area contributed by atoms with Gasteiger partial charge >= 0.3 is 0 Å². The Morgan fingerprint density at radius 3 is 2.92 bits per heavy atom. The smallest absolute Gasteiger partial charge is 0.251 e. The molecule has 0 unspecified atom stereocenters. The first-order valence-electron chi connectivity index (χ1n) is 9.32. The van der Waals surface area contributed by atoms with Crippen molar-refractivity contribution in [3.05, 3.63) is 47.3 Å². The van der Waals surface area contributed by atoms with Crippen molar-refractivity contribution in [2.45, 2.75) is 26.7 Å². The Bertz CT molecular complexity index is 756. The van der Waals surface area contributed by atoms with Crippen molar-refractivity contribution in [3.63, 3.8) is 0 Å². The molecule has 1 saturated heterocycles. The quantitative estimate of drug-likeness (QED) is 0.830. The minimum Gasteiger partial charge on any atom is -0.396 e. The molecule has 1 aliphatic heterocycles. The van der Waals surface area contributed by atoms with Crippen LogP contribution in [0.25, 0.3) is 5.69 Å². The van der Waals surface area contributed by atoms with Gasteiger partial charge in [0.1, 0.15) is 0 Å². The number of carbonyl (C=O) groups is 1. The average Bonchev–Trinajstić information content (AvgIpc) is 3.00. The van der Waals surface area contributed by atoms with E-state index in [0.29, 0.717) is 18.0 Å². The van der Waals surface area contributed by atoms with Crippen LogP contribution in [0.2, 0.25) is 0 Å². The van der Waals surface area contributed by atoms with Gasteiger partial charge in [0.05, 0.1) is 11.4 Å². The highest BCUT2D eigenvalue weighted by Crippen LogP contribution is 2.15. The van der Waals surface area contributed by atoms with Crippen molar-refractivity contribution in [1.29, 1.82) is 0 Å². The summed E-state index contributed by atoms with van der Waals surface area (Å²) in [6.45, 7) is 7.61. The number of amides is 1. The molecule has 0 spiro atoms. The summed E-state index contributed by atoms with van der Waals surface area (Å²) in [7, 11) is 0. The Morgan fingerprint density at radius 1 is 1.35 bits per heavy atom. The lowest BCUT2D eigenvalue weighted by Gasteiger charge is -2.31. The zero-order valence-electron chi connectivity index (χ0n) is 15.6. The minimum absolute atomic E-state index is 0.0656. The molecule has 1 aromatic carbocycles. The van der Waals surface area contributed by atoms with Crippen molar-refractivity contribution in [3.8, 4) is 5.69 Å². The molecule has 0 aliphatic carbocycles. The molecular formula is C20H28N4O2. The third kappa shape index (κ3) is 4.51. The highest BCUT2D eigenvalue weighted by Gasteiger charge is 2.18. The van der Waals surface area contributed by atoms with E-state index in [4.69, 9.17) is 0 Å². The van der Waals surface area contributed by atoms with Gasteiger partial charge in [0.15, 0.2) is 0 Å². The Morgan fingerprint density at radius 2 is 2.19 bits per heavy atom. The van der Waals surface area contributed by atoms with Crippen LogP contribution in [0.4, 0.5) is 0 Å². The lowest BCUT2D eigenvalue weighted by atomic mass is 9.99. The SMILES string of the molecule is Cc1cc(C)n(-c2cccc(C(=O)NCCN3CCC[C@H](CO)C3)c2)n1. The number of piperidine rings is 1. The van der Waals surface area contributed by atoms with E-state index in [1.54, 1.807) is 0 Å². The molecule has 26 heavy (non-hydrogen) atoms. The largest absolute Gasteiger partial charge is 0.396 e. The fraction of sp³-hybridized carbons (Fsp3) is 0.500. The highest BCUT2D eigenvalue weighted by atomic mass is 16.3. The second kappa shape index (κ2) is 8.47. The van der Waals surface area contributed by atoms with Crippen molar-refractivity contribution in [1.82, 2.24) is 20.0 Å². The van der Waals surface area contributed by atoms with Crippen LogP contribution < -0.4 is 5.32 Å². The predicted molar refractivity (Wildman–Crippen MR) is 102 cm³/mol. The van der Waals surface area contributed by atoms with E-state index < -0.39 is 0 Å². The molecule has 2 aromatic rings. The minimum atomic E-state index is -0.0656. The first-order chi connectivity index (χ1) is 12.6. The molecule has 3 rings (SSSR count). The lowest BCUT2D eigenvalue weighted by molar-refractivity contribution is 0.0930. The second-order valence-electron chi connectivity index (χ2n) is 7.14. The molecule has 6 heteroatoms. The Balaban J connectivity index is 1.57. The van der Waals surface area contributed by atoms with E-state index in [0.717, 1.165) is 49.6 Å². The zero-order chi connectivity index (χ0) is 18.5. The Labute approximate surface area is 154 Å². The summed E-state index contributed by atoms with van der Waals surface area (Å²) in [5, 5.41) is 16.8. The molecule has 1 aliphatic rings. The Hall–Kier alpha value is -2.18. The third-order valence-electron chi connectivity index (χ3n) is 4.94. The van der Waals surface area contributed by atoms with E-state index in [-0.39, 0.29) is 12.5 Å². The van der Waals surface area contributed by atoms with Crippen LogP contribution in [0.5, 0.6) is 0 Å². The summed E-state index contributed by atoms with van der Waals surface area (Å²) in [6, 6.07) is 9.56. The number of likely N-dealkylation sites (tertiary alicyclic amines) is 1. The normalized spacial score (nSPS) is 18.0. The van der Waals surface area contributed by atoms with E-state index >= 15 is 0 Å². The van der Waals surface area contributed by atoms with Gasteiger partial charge in [-0.1, -0.05) is 6.07 Å². The van der Waals surface area contributed by atoms with Gasteiger partial charge in [-0.05, 0) is 63.4 Å². The van der Waals surface area contributed by atoms with E-state index in [9.17, 15) is 9.90 Å². The number of carbonyl (C=O) groups excluding carboxylic acids is 1. The fourth-order valence-corrected chi connectivity index (χ4v) is 3.60. The van der Waals surface area contributed by atoms with Gasteiger partial charge < -0.3 is 15.3 Å². The maximum Gasteiger partial charge on any atom is 0.251 e. The van der Waals surface area contributed by atoms with Gasteiger partial charge in [-0.15, -0.1) is 0 Å². The van der Waals surface area contributed by atoms with Crippen LogP contribution in [0.1, 0.15) is 34.6 Å². The molecule has 0 bridgehead atoms. The van der Waals surface area contributed by atoms with Gasteiger partial charge in [0.25, 0.3) is 5.91 Å². The summed E-state index contributed by atoms with van der Waals surface area (Å²) in [5.41, 5.74) is 3.54. The topological polar surface area (TPSA) is 70.4 Å². The summed E-state index contributed by atoms with van der Waals surface area (Å²) < 4.78 is 1.86. The Kier molecular flexibility index (Phi) is 6.06. The van der Waals surface area contributed by atoms with Gasteiger partial charge in [-0.3, -0.25) is 4.79 Å². The van der Waals surface area contributed by atoms with Crippen LogP contribution in [-0.4, -0.2) is 58.5 Å². The molecular weight excluding hydrogens is 328 g/mol. The summed E-state index contributed by atoms with van der Waals surface area (Å²) in [4.78, 5) is 14.8. The molecule has 2 N–H and O–H groups in total. The lowest BCUT2D eigenvalue weighted by Crippen LogP contribution is -2.41. The first-order valence-corrected chi connectivity index (χ1v) is 9.32. The number of nitrogens with one attached hydrogen (secondary N) is 1. The number of aryl methyl sites for hydroxylation is 2. The zero-order valence-corrected chi connectivity index (χ0v) is 15.6. The molecule has 1 atom stereocenters. The molecule has 140 valence electrons. The number of nitrogens with zero attached hydrogens (tertiary/aromatic N) is 3. The van der Waals surface area contributed by atoms with Crippen molar-refractivity contribution in [2.24, 2.45) is 5.92 Å². The van der Waals surface area contributed by atoms with Crippen LogP contribution in [0.3, 0.4) is 0 Å². The average molecular weight is 356 g/mol. The number of hydrogen-bond donors (Lipinski definition) is 2. The molecule has 1 amide bonds. The van der Waals surface area contributed by atoms with Crippen molar-refractivity contribution < 1.29 is 9.90 Å². The van der Waals surface area contributed by atoms with Crippen LogP contribution in [0, 0.1) is 19.8 Å². The monoisotopic (exact) mass is 356 g/mol. The van der Waals surface area contributed by atoms with Crippen LogP contribution in [-0.2, 0) is 0 Å². The van der Waals surface area contributed by atoms with Gasteiger partial charge in [-0.25, -0.2) is 4.68 Å². The number of benzene rings is 1. The van der Waals surface area contributed by atoms with Crippen molar-refractivity contribution >= 4 is 5.91 Å². The number of rotatable bonds is 6. The van der Waals surface area contributed by atoms with Crippen LogP contribution >= 0.6 is 0 Å². The molecule has 0 radical (unpaired) electrons. The molecule has 1 fully saturated rings. The van der Waals surface area contributed by atoms with Crippen molar-refractivity contribution in [2.75, 3.05) is 32.8 Å². The van der Waals surface area contributed by atoms with Gasteiger partial charge in [0.2, 0.25) is 0 Å². The maximum atomic E-state index is 12.5. The molecule has 1 aromatic heterocycles. The highest BCUT2D eigenvalue weighted by molar-refractivity contribution is 5.94. The van der Waals surface area contributed by atoms with E-state index in [1.165, 1.54) is 0 Å². The number of hydrogen-bond acceptors (Lipinski definition) is 4. The second-order valence-corrected chi connectivity index (χ2v) is 7.14. The van der Waals surface area contributed by atoms with Gasteiger partial charge in [-0.2, -0.15) is 5.10 Å². The van der Waals surface area contributed by atoms with E-state index in [1.807, 2.05) is 48.9 Å². The van der Waals surface area contributed by atoms with E-state index in [2.05, 4.69) is 15.3 Å². The maximum absolute atomic E-state index is 12.5. The number of aromatic nitrogens is 2. The number of aliphatic hydroxyl groups excluding tert-OH is 1. The molecule has 2 heterocycles. The van der Waals surface area contributed by atoms with Gasteiger partial charge in [0, 0.05) is 37.5 Å². The predicted octanol–water partition coefficient (Wildman–Crippen LogP) is 1.92. The fourth-order valence-electron chi connectivity index (χ4n) is 3.60. The first kappa shape index (κ1) is 18.6. The standard InChI is InChI=1S/C20H28N4O2/c1-15-11-16(2)24(22-15)19-7-3-6-18(12-19)20(26)21-8-10-23-9-4-5-17(13-23)14-25/h3,6-7,11-12,17,25H,4-5,8-10,13-14H2,1-2H3,(H,21,26)/t17-/m0/s1. The summed E-state index contributed by atoms with van der Waals surface area (Å²) >= 11 is 0. The van der Waals surface area contributed by atoms with Crippen LogP contribution in [0.15, 0.2) is 30.3 Å². The molecule has 0 saturated carbocycles.